The van der Waals surface area contributed by atoms with Gasteiger partial charge in [-0.15, -0.1) is 23.5 Å². The normalized spacial score (nSPS) is 29.5. The summed E-state index contributed by atoms with van der Waals surface area (Å²) in [5, 5.41) is 25.7. The fourth-order valence-electron chi connectivity index (χ4n) is 5.61. The second-order valence-electron chi connectivity index (χ2n) is 9.06. The summed E-state index contributed by atoms with van der Waals surface area (Å²) in [5.74, 6) is 2.09. The van der Waals surface area contributed by atoms with Gasteiger partial charge in [0.15, 0.2) is 15.0 Å². The maximum atomic E-state index is 11.1. The van der Waals surface area contributed by atoms with Gasteiger partial charge in [0.2, 0.25) is 0 Å². The highest BCUT2D eigenvalue weighted by Crippen LogP contribution is 2.72. The first-order valence-corrected chi connectivity index (χ1v) is 14.0. The second kappa shape index (κ2) is 9.65. The van der Waals surface area contributed by atoms with Crippen molar-refractivity contribution >= 4 is 29.4 Å². The Balaban J connectivity index is 1.97. The molecule has 3 N–H and O–H groups in total. The van der Waals surface area contributed by atoms with Crippen molar-refractivity contribution in [1.82, 2.24) is 5.32 Å². The molecule has 3 aliphatic rings. The van der Waals surface area contributed by atoms with Crippen molar-refractivity contribution in [3.8, 4) is 12.1 Å². The molecule has 0 aromatic heterocycles. The summed E-state index contributed by atoms with van der Waals surface area (Å²) in [6.45, 7) is 4.36. The number of hydrogen-bond donors (Lipinski definition) is 2. The molecule has 3 atom stereocenters. The number of aliphatic imine (C=N–C) groups is 1. The van der Waals surface area contributed by atoms with Gasteiger partial charge in [0, 0.05) is 5.70 Å². The zero-order valence-electron chi connectivity index (χ0n) is 19.6. The number of allylic oxidation sites excluding steroid dienone is 1. The van der Waals surface area contributed by atoms with E-state index in [0.29, 0.717) is 5.84 Å². The molecule has 0 fully saturated rings. The summed E-state index contributed by atoms with van der Waals surface area (Å²) in [6.07, 6.45) is 6.94. The standard InChI is InChI=1S/C26H33N5S2/c1-3-5-15-32-26(33-16-6-4-2)25(18-28)20-13-10-14-21(20)30-22(19-11-8-7-9-12-19)24(25,17-27)23(29)31-26/h7-9,11-12,22,30H,3-6,10,13-16H2,1-2H3,(H2,29,31)/t22-,24-,25+/m1/s1. The summed E-state index contributed by atoms with van der Waals surface area (Å²) < 4.78 is -0.814. The van der Waals surface area contributed by atoms with E-state index < -0.39 is 21.1 Å². The lowest BCUT2D eigenvalue weighted by Crippen LogP contribution is -2.61. The average molecular weight is 480 g/mol. The molecule has 0 bridgehead atoms. The third-order valence-electron chi connectivity index (χ3n) is 7.23. The van der Waals surface area contributed by atoms with Crippen LogP contribution in [0.25, 0.3) is 0 Å². The lowest BCUT2D eigenvalue weighted by Gasteiger charge is -2.52. The van der Waals surface area contributed by atoms with Gasteiger partial charge in [-0.05, 0) is 54.7 Å². The van der Waals surface area contributed by atoms with E-state index in [4.69, 9.17) is 10.7 Å². The highest BCUT2D eigenvalue weighted by Gasteiger charge is 2.77. The molecule has 7 heteroatoms. The van der Waals surface area contributed by atoms with Gasteiger partial charge in [-0.25, -0.2) is 4.99 Å². The Morgan fingerprint density at radius 3 is 2.30 bits per heavy atom. The van der Waals surface area contributed by atoms with Crippen LogP contribution in [0, 0.1) is 33.5 Å². The maximum Gasteiger partial charge on any atom is 0.178 e. The topological polar surface area (TPSA) is 98.0 Å². The number of rotatable bonds is 9. The van der Waals surface area contributed by atoms with Crippen LogP contribution in [-0.4, -0.2) is 21.5 Å². The van der Waals surface area contributed by atoms with E-state index in [0.717, 1.165) is 73.3 Å². The minimum Gasteiger partial charge on any atom is -0.386 e. The molecule has 0 radical (unpaired) electrons. The van der Waals surface area contributed by atoms with Gasteiger partial charge in [0.25, 0.3) is 0 Å². The number of benzene rings is 1. The predicted molar refractivity (Wildman–Crippen MR) is 138 cm³/mol. The Labute approximate surface area is 206 Å². The number of thioether (sulfide) groups is 2. The first-order valence-electron chi connectivity index (χ1n) is 12.1. The quantitative estimate of drug-likeness (QED) is 0.339. The molecule has 5 nitrogen and oxygen atoms in total. The zero-order chi connectivity index (χ0) is 23.5. The molecule has 2 aliphatic heterocycles. The monoisotopic (exact) mass is 479 g/mol. The lowest BCUT2D eigenvalue weighted by molar-refractivity contribution is 0.200. The molecular weight excluding hydrogens is 446 g/mol. The van der Waals surface area contributed by atoms with Gasteiger partial charge in [-0.2, -0.15) is 10.5 Å². The number of hydrogen-bond acceptors (Lipinski definition) is 7. The van der Waals surface area contributed by atoms with Crippen molar-refractivity contribution < 1.29 is 0 Å². The maximum absolute atomic E-state index is 11.1. The van der Waals surface area contributed by atoms with Gasteiger partial charge < -0.3 is 11.1 Å². The van der Waals surface area contributed by atoms with E-state index in [2.05, 4.69) is 31.3 Å². The van der Waals surface area contributed by atoms with E-state index in [1.54, 1.807) is 23.5 Å². The fraction of sp³-hybridized carbons (Fsp3) is 0.577. The SMILES string of the molecule is CCCCSC1(SCCCC)N=C(N)[C@@]2(C#N)[C@@H](c3ccccc3)NC3=C(CCC3)[C@]12C#N. The van der Waals surface area contributed by atoms with Crippen molar-refractivity contribution in [3.63, 3.8) is 0 Å². The third-order valence-corrected chi connectivity index (χ3v) is 10.5. The summed E-state index contributed by atoms with van der Waals surface area (Å²) >= 11 is 3.48. The lowest BCUT2D eigenvalue weighted by atomic mass is 9.55. The second-order valence-corrected chi connectivity index (χ2v) is 11.9. The van der Waals surface area contributed by atoms with Crippen LogP contribution >= 0.6 is 23.5 Å². The minimum atomic E-state index is -1.26. The first-order chi connectivity index (χ1) is 16.1. The Morgan fingerprint density at radius 2 is 1.73 bits per heavy atom. The number of nitrogens with zero attached hydrogens (tertiary/aromatic N) is 3. The highest BCUT2D eigenvalue weighted by atomic mass is 32.2. The van der Waals surface area contributed by atoms with Crippen LogP contribution in [0.4, 0.5) is 0 Å². The van der Waals surface area contributed by atoms with E-state index in [-0.39, 0.29) is 0 Å². The Kier molecular flexibility index (Phi) is 7.03. The van der Waals surface area contributed by atoms with Crippen LogP contribution in [0.15, 0.2) is 46.6 Å². The molecule has 0 saturated heterocycles. The van der Waals surface area contributed by atoms with Crippen LogP contribution in [-0.2, 0) is 0 Å². The molecule has 33 heavy (non-hydrogen) atoms. The molecule has 174 valence electrons. The number of unbranched alkanes of at least 4 members (excludes halogenated alkanes) is 2. The summed E-state index contributed by atoms with van der Waals surface area (Å²) in [7, 11) is 0. The van der Waals surface area contributed by atoms with Crippen LogP contribution in [0.3, 0.4) is 0 Å². The Bertz CT molecular complexity index is 1010. The molecule has 4 rings (SSSR count). The van der Waals surface area contributed by atoms with Crippen molar-refractivity contribution in [2.24, 2.45) is 21.6 Å². The molecule has 0 amide bonds. The smallest absolute Gasteiger partial charge is 0.178 e. The molecule has 2 heterocycles. The molecule has 1 aliphatic carbocycles. The summed E-state index contributed by atoms with van der Waals surface area (Å²) in [4.78, 5) is 5.13. The van der Waals surface area contributed by atoms with Crippen LogP contribution in [0.5, 0.6) is 0 Å². The number of amidine groups is 1. The molecule has 0 unspecified atom stereocenters. The van der Waals surface area contributed by atoms with Gasteiger partial charge >= 0.3 is 0 Å². The van der Waals surface area contributed by atoms with Gasteiger partial charge in [-0.1, -0.05) is 57.0 Å². The number of nitriles is 2. The molecule has 1 aromatic carbocycles. The van der Waals surface area contributed by atoms with E-state index in [1.807, 2.05) is 30.3 Å². The highest BCUT2D eigenvalue weighted by molar-refractivity contribution is 8.18. The van der Waals surface area contributed by atoms with Gasteiger partial charge in [0.05, 0.1) is 18.2 Å². The number of nitrogens with two attached hydrogens (primary N) is 1. The van der Waals surface area contributed by atoms with Crippen molar-refractivity contribution in [2.45, 2.75) is 69.0 Å². The summed E-state index contributed by atoms with van der Waals surface area (Å²) in [5.41, 5.74) is 7.58. The van der Waals surface area contributed by atoms with E-state index in [1.165, 1.54) is 0 Å². The molecule has 1 aromatic rings. The van der Waals surface area contributed by atoms with Gasteiger partial charge in [-0.3, -0.25) is 0 Å². The summed E-state index contributed by atoms with van der Waals surface area (Å²) in [6, 6.07) is 15.0. The van der Waals surface area contributed by atoms with Crippen LogP contribution in [0.1, 0.15) is 70.4 Å². The number of fused-ring (bicyclic) bond motifs is 2. The van der Waals surface area contributed by atoms with E-state index >= 15 is 0 Å². The largest absolute Gasteiger partial charge is 0.386 e. The van der Waals surface area contributed by atoms with Crippen molar-refractivity contribution in [1.29, 1.82) is 10.5 Å². The Hall–Kier alpha value is -2.09. The minimum absolute atomic E-state index is 0.305. The van der Waals surface area contributed by atoms with E-state index in [9.17, 15) is 10.5 Å². The zero-order valence-corrected chi connectivity index (χ0v) is 21.2. The van der Waals surface area contributed by atoms with Crippen molar-refractivity contribution in [3.05, 3.63) is 47.2 Å². The van der Waals surface area contributed by atoms with Crippen molar-refractivity contribution in [2.75, 3.05) is 11.5 Å². The van der Waals surface area contributed by atoms with Gasteiger partial charge in [0.1, 0.15) is 5.84 Å². The average Bonchev–Trinajstić information content (AvgIpc) is 3.39. The fourth-order valence-corrected chi connectivity index (χ4v) is 9.28. The number of nitrogens with one attached hydrogen (secondary N) is 1. The van der Waals surface area contributed by atoms with Crippen LogP contribution < -0.4 is 11.1 Å². The molecule has 0 saturated carbocycles. The van der Waals surface area contributed by atoms with Crippen LogP contribution in [0.2, 0.25) is 0 Å². The molecule has 0 spiro atoms. The first kappa shape index (κ1) is 24.0. The third kappa shape index (κ3) is 3.39. The Morgan fingerprint density at radius 1 is 1.06 bits per heavy atom. The predicted octanol–water partition coefficient (Wildman–Crippen LogP) is 5.88. The molecular formula is C26H33N5S2.